The summed E-state index contributed by atoms with van der Waals surface area (Å²) >= 11 is 0. The lowest BCUT2D eigenvalue weighted by Gasteiger charge is -2.30. The van der Waals surface area contributed by atoms with E-state index in [9.17, 15) is 4.21 Å². The monoisotopic (exact) mass is 395 g/mol. The number of nitrogens with zero attached hydrogens (tertiary/aromatic N) is 1. The Kier molecular flexibility index (Phi) is 8.91. The van der Waals surface area contributed by atoms with Crippen molar-refractivity contribution in [2.45, 2.75) is 56.9 Å². The molecule has 1 aromatic rings. The largest absolute Gasteiger partial charge is 0.493 e. The zero-order valence-corrected chi connectivity index (χ0v) is 17.7. The number of para-hydroxylation sites is 2. The van der Waals surface area contributed by atoms with Gasteiger partial charge in [-0.25, -0.2) is 0 Å². The Morgan fingerprint density at radius 3 is 2.74 bits per heavy atom. The SMILES string of the molecule is CCS(=O)C1CCCC(NC(=NC)NCC(C)Oc2ccccc2OC)C1. The van der Waals surface area contributed by atoms with E-state index in [4.69, 9.17) is 9.47 Å². The Hall–Kier alpha value is -1.76. The zero-order chi connectivity index (χ0) is 19.6. The van der Waals surface area contributed by atoms with E-state index in [1.807, 2.05) is 38.1 Å². The number of hydrogen-bond donors (Lipinski definition) is 2. The molecule has 1 fully saturated rings. The van der Waals surface area contributed by atoms with Gasteiger partial charge in [-0.15, -0.1) is 0 Å². The molecule has 0 aromatic heterocycles. The third-order valence-corrected chi connectivity index (χ3v) is 6.54. The molecule has 1 aliphatic rings. The Labute approximate surface area is 165 Å². The summed E-state index contributed by atoms with van der Waals surface area (Å²) in [6.07, 6.45) is 4.15. The van der Waals surface area contributed by atoms with E-state index in [0.29, 0.717) is 17.8 Å². The topological polar surface area (TPSA) is 72.0 Å². The van der Waals surface area contributed by atoms with Crippen LogP contribution in [0.5, 0.6) is 11.5 Å². The van der Waals surface area contributed by atoms with Crippen LogP contribution in [0.3, 0.4) is 0 Å². The summed E-state index contributed by atoms with van der Waals surface area (Å²) in [6.45, 7) is 4.62. The Morgan fingerprint density at radius 1 is 1.33 bits per heavy atom. The molecule has 4 atom stereocenters. The number of methoxy groups -OCH3 is 1. The van der Waals surface area contributed by atoms with Gasteiger partial charge < -0.3 is 20.1 Å². The second-order valence-electron chi connectivity index (χ2n) is 6.83. The molecule has 0 saturated heterocycles. The van der Waals surface area contributed by atoms with E-state index in [0.717, 1.165) is 48.9 Å². The van der Waals surface area contributed by atoms with Crippen molar-refractivity contribution in [3.63, 3.8) is 0 Å². The number of aliphatic imine (C=N–C) groups is 1. The minimum atomic E-state index is -0.720. The van der Waals surface area contributed by atoms with Crippen LogP contribution in [0.4, 0.5) is 0 Å². The molecule has 0 bridgehead atoms. The molecular weight excluding hydrogens is 362 g/mol. The van der Waals surface area contributed by atoms with Gasteiger partial charge in [-0.05, 0) is 38.3 Å². The van der Waals surface area contributed by atoms with Crippen LogP contribution in [-0.4, -0.2) is 54.0 Å². The van der Waals surface area contributed by atoms with Crippen molar-refractivity contribution in [2.24, 2.45) is 4.99 Å². The van der Waals surface area contributed by atoms with E-state index in [1.54, 1.807) is 14.2 Å². The van der Waals surface area contributed by atoms with E-state index < -0.39 is 10.8 Å². The molecule has 0 aliphatic heterocycles. The Balaban J connectivity index is 1.82. The van der Waals surface area contributed by atoms with Crippen LogP contribution in [0.15, 0.2) is 29.3 Å². The maximum absolute atomic E-state index is 12.1. The average molecular weight is 396 g/mol. The van der Waals surface area contributed by atoms with Gasteiger partial charge in [0.25, 0.3) is 0 Å². The van der Waals surface area contributed by atoms with Crippen molar-refractivity contribution in [3.8, 4) is 11.5 Å². The maximum atomic E-state index is 12.1. The van der Waals surface area contributed by atoms with Gasteiger partial charge in [0.2, 0.25) is 0 Å². The molecule has 1 aliphatic carbocycles. The first kappa shape index (κ1) is 21.5. The first-order chi connectivity index (χ1) is 13.1. The molecule has 1 aromatic carbocycles. The van der Waals surface area contributed by atoms with E-state index >= 15 is 0 Å². The van der Waals surface area contributed by atoms with Gasteiger partial charge in [0.15, 0.2) is 17.5 Å². The van der Waals surface area contributed by atoms with E-state index in [2.05, 4.69) is 15.6 Å². The lowest BCUT2D eigenvalue weighted by Crippen LogP contribution is -2.48. The summed E-state index contributed by atoms with van der Waals surface area (Å²) in [5.41, 5.74) is 0. The smallest absolute Gasteiger partial charge is 0.191 e. The number of benzene rings is 1. The molecule has 4 unspecified atom stereocenters. The summed E-state index contributed by atoms with van der Waals surface area (Å²) in [6, 6.07) is 7.95. The highest BCUT2D eigenvalue weighted by Gasteiger charge is 2.26. The fourth-order valence-corrected chi connectivity index (χ4v) is 4.70. The predicted molar refractivity (Wildman–Crippen MR) is 112 cm³/mol. The summed E-state index contributed by atoms with van der Waals surface area (Å²) < 4.78 is 23.4. The van der Waals surface area contributed by atoms with Gasteiger partial charge >= 0.3 is 0 Å². The lowest BCUT2D eigenvalue weighted by molar-refractivity contribution is 0.213. The van der Waals surface area contributed by atoms with Crippen molar-refractivity contribution >= 4 is 16.8 Å². The molecule has 0 spiro atoms. The molecule has 27 heavy (non-hydrogen) atoms. The average Bonchev–Trinajstić information content (AvgIpc) is 2.71. The summed E-state index contributed by atoms with van der Waals surface area (Å²) in [4.78, 5) is 4.32. The van der Waals surface area contributed by atoms with E-state index in [1.165, 1.54) is 0 Å². The number of rotatable bonds is 8. The fourth-order valence-electron chi connectivity index (χ4n) is 3.35. The fraction of sp³-hybridized carbons (Fsp3) is 0.650. The second kappa shape index (κ2) is 11.2. The summed E-state index contributed by atoms with van der Waals surface area (Å²) in [7, 11) is 2.69. The van der Waals surface area contributed by atoms with Gasteiger partial charge in [0.05, 0.1) is 13.7 Å². The lowest BCUT2D eigenvalue weighted by atomic mass is 9.95. The van der Waals surface area contributed by atoms with Gasteiger partial charge in [0.1, 0.15) is 6.10 Å². The second-order valence-corrected chi connectivity index (χ2v) is 8.84. The first-order valence-electron chi connectivity index (χ1n) is 9.71. The third kappa shape index (κ3) is 6.72. The van der Waals surface area contributed by atoms with Crippen LogP contribution in [0.1, 0.15) is 39.5 Å². The highest BCUT2D eigenvalue weighted by Crippen LogP contribution is 2.26. The van der Waals surface area contributed by atoms with Crippen LogP contribution in [-0.2, 0) is 10.8 Å². The quantitative estimate of drug-likeness (QED) is 0.523. The Bertz CT molecular complexity index is 639. The van der Waals surface area contributed by atoms with Crippen LogP contribution in [0.25, 0.3) is 0 Å². The first-order valence-corrected chi connectivity index (χ1v) is 11.1. The van der Waals surface area contributed by atoms with Crippen LogP contribution in [0.2, 0.25) is 0 Å². The minimum Gasteiger partial charge on any atom is -0.493 e. The molecule has 2 rings (SSSR count). The highest BCUT2D eigenvalue weighted by atomic mass is 32.2. The zero-order valence-electron chi connectivity index (χ0n) is 16.9. The number of hydrogen-bond acceptors (Lipinski definition) is 4. The van der Waals surface area contributed by atoms with Gasteiger partial charge in [-0.1, -0.05) is 25.5 Å². The molecule has 6 nitrogen and oxygen atoms in total. The predicted octanol–water partition coefficient (Wildman–Crippen LogP) is 2.71. The van der Waals surface area contributed by atoms with Gasteiger partial charge in [0, 0.05) is 34.9 Å². The molecule has 152 valence electrons. The molecule has 2 N–H and O–H groups in total. The summed E-state index contributed by atoms with van der Waals surface area (Å²) in [5.74, 6) is 2.96. The molecule has 0 amide bonds. The van der Waals surface area contributed by atoms with Crippen molar-refractivity contribution in [1.82, 2.24) is 10.6 Å². The Morgan fingerprint density at radius 2 is 2.07 bits per heavy atom. The van der Waals surface area contributed by atoms with Crippen molar-refractivity contribution in [3.05, 3.63) is 24.3 Å². The van der Waals surface area contributed by atoms with E-state index in [-0.39, 0.29) is 6.10 Å². The third-order valence-electron chi connectivity index (χ3n) is 4.80. The molecule has 0 heterocycles. The number of ether oxygens (including phenoxy) is 2. The molecule has 1 saturated carbocycles. The van der Waals surface area contributed by atoms with Gasteiger partial charge in [-0.3, -0.25) is 9.20 Å². The summed E-state index contributed by atoms with van der Waals surface area (Å²) in [5, 5.41) is 7.11. The van der Waals surface area contributed by atoms with Crippen molar-refractivity contribution in [1.29, 1.82) is 0 Å². The van der Waals surface area contributed by atoms with Crippen LogP contribution in [0, 0.1) is 0 Å². The highest BCUT2D eigenvalue weighted by molar-refractivity contribution is 7.85. The van der Waals surface area contributed by atoms with Crippen molar-refractivity contribution < 1.29 is 13.7 Å². The van der Waals surface area contributed by atoms with Crippen molar-refractivity contribution in [2.75, 3.05) is 26.5 Å². The van der Waals surface area contributed by atoms with Gasteiger partial charge in [-0.2, -0.15) is 0 Å². The normalized spacial score (nSPS) is 22.6. The minimum absolute atomic E-state index is 0.0495. The maximum Gasteiger partial charge on any atom is 0.191 e. The molecule has 7 heteroatoms. The van der Waals surface area contributed by atoms with Crippen LogP contribution < -0.4 is 20.1 Å². The number of nitrogens with one attached hydrogen (secondary N) is 2. The standard InChI is InChI=1S/C20H33N3O3S/c1-5-27(24)17-10-8-9-16(13-17)23-20(21-3)22-14-15(2)26-19-12-7-6-11-18(19)25-4/h6-7,11-12,15-17H,5,8-10,13-14H2,1-4H3,(H2,21,22,23). The molecular formula is C20H33N3O3S. The number of guanidine groups is 1. The molecule has 0 radical (unpaired) electrons. The van der Waals surface area contributed by atoms with Crippen LogP contribution >= 0.6 is 0 Å².